The van der Waals surface area contributed by atoms with Crippen molar-refractivity contribution in [3.8, 4) is 0 Å². The molecule has 0 saturated carbocycles. The zero-order chi connectivity index (χ0) is 13.1. The number of benzene rings is 1. The van der Waals surface area contributed by atoms with Gasteiger partial charge in [0.05, 0.1) is 6.10 Å². The molecule has 1 aliphatic rings. The minimum Gasteiger partial charge on any atom is -0.377 e. The molecule has 3 atom stereocenters. The first-order chi connectivity index (χ1) is 8.63. The first kappa shape index (κ1) is 13.6. The molecule has 1 aromatic rings. The van der Waals surface area contributed by atoms with Crippen LogP contribution in [0.25, 0.3) is 0 Å². The Hall–Kier alpha value is -0.860. The summed E-state index contributed by atoms with van der Waals surface area (Å²) in [5.41, 5.74) is 9.33. The van der Waals surface area contributed by atoms with Crippen LogP contribution in [0.15, 0.2) is 24.3 Å². The number of ether oxygens (including phenoxy) is 1. The Labute approximate surface area is 111 Å². The van der Waals surface area contributed by atoms with E-state index in [1.54, 1.807) is 0 Å². The second-order valence-electron chi connectivity index (χ2n) is 5.66. The molecule has 0 fully saturated rings. The van der Waals surface area contributed by atoms with Gasteiger partial charge in [0.25, 0.3) is 0 Å². The summed E-state index contributed by atoms with van der Waals surface area (Å²) in [7, 11) is 0. The molecule has 100 valence electrons. The summed E-state index contributed by atoms with van der Waals surface area (Å²) < 4.78 is 5.80. The van der Waals surface area contributed by atoms with Crippen LogP contribution in [0.3, 0.4) is 0 Å². The van der Waals surface area contributed by atoms with Gasteiger partial charge in [-0.05, 0) is 42.7 Å². The maximum atomic E-state index is 6.35. The highest BCUT2D eigenvalue weighted by atomic mass is 16.5. The van der Waals surface area contributed by atoms with Crippen LogP contribution in [0.4, 0.5) is 0 Å². The van der Waals surface area contributed by atoms with Gasteiger partial charge in [-0.3, -0.25) is 0 Å². The number of hydrogen-bond acceptors (Lipinski definition) is 2. The molecule has 2 rings (SSSR count). The Morgan fingerprint density at radius 2 is 2.06 bits per heavy atom. The molecule has 2 heteroatoms. The second kappa shape index (κ2) is 5.85. The quantitative estimate of drug-likeness (QED) is 0.838. The zero-order valence-electron chi connectivity index (χ0n) is 11.7. The predicted octanol–water partition coefficient (Wildman–Crippen LogP) is 3.10. The zero-order valence-corrected chi connectivity index (χ0v) is 11.7. The van der Waals surface area contributed by atoms with E-state index in [9.17, 15) is 0 Å². The third kappa shape index (κ3) is 2.76. The average Bonchev–Trinajstić information content (AvgIpc) is 2.32. The number of rotatable bonds is 6. The van der Waals surface area contributed by atoms with E-state index in [2.05, 4.69) is 38.1 Å². The molecule has 0 aromatic heterocycles. The third-order valence-electron chi connectivity index (χ3n) is 3.96. The minimum atomic E-state index is 0.142. The Kier molecular flexibility index (Phi) is 4.41. The van der Waals surface area contributed by atoms with Crippen LogP contribution in [-0.4, -0.2) is 18.8 Å². The van der Waals surface area contributed by atoms with Gasteiger partial charge in [0, 0.05) is 12.6 Å². The minimum absolute atomic E-state index is 0.142. The van der Waals surface area contributed by atoms with Crippen molar-refractivity contribution in [2.75, 3.05) is 6.61 Å². The van der Waals surface area contributed by atoms with Crippen LogP contribution in [0.5, 0.6) is 0 Å². The highest BCUT2D eigenvalue weighted by molar-refractivity contribution is 5.39. The van der Waals surface area contributed by atoms with E-state index in [1.165, 1.54) is 17.5 Å². The fraction of sp³-hybridized carbons (Fsp3) is 0.625. The third-order valence-corrected chi connectivity index (χ3v) is 3.96. The summed E-state index contributed by atoms with van der Waals surface area (Å²) in [6, 6.07) is 8.84. The van der Waals surface area contributed by atoms with Crippen LogP contribution in [0.1, 0.15) is 44.2 Å². The largest absolute Gasteiger partial charge is 0.377 e. The molecule has 1 aliphatic carbocycles. The van der Waals surface area contributed by atoms with Gasteiger partial charge in [-0.15, -0.1) is 0 Å². The van der Waals surface area contributed by atoms with Gasteiger partial charge >= 0.3 is 0 Å². The normalized spacial score (nSPS) is 21.3. The number of nitrogens with two attached hydrogens (primary N) is 1. The molecule has 0 spiro atoms. The molecule has 0 aliphatic heterocycles. The van der Waals surface area contributed by atoms with Gasteiger partial charge in [-0.25, -0.2) is 0 Å². The topological polar surface area (TPSA) is 35.2 Å². The van der Waals surface area contributed by atoms with Crippen molar-refractivity contribution < 1.29 is 4.74 Å². The van der Waals surface area contributed by atoms with Crippen LogP contribution in [0.2, 0.25) is 0 Å². The molecular formula is C16H25NO. The van der Waals surface area contributed by atoms with Gasteiger partial charge in [0.2, 0.25) is 0 Å². The molecule has 2 N–H and O–H groups in total. The van der Waals surface area contributed by atoms with Gasteiger partial charge in [-0.1, -0.05) is 38.1 Å². The SMILES string of the molecule is CCOC(C(C)C)C(N)CC1Cc2ccccc21. The van der Waals surface area contributed by atoms with Gasteiger partial charge < -0.3 is 10.5 Å². The first-order valence-electron chi connectivity index (χ1n) is 7.08. The molecule has 3 unspecified atom stereocenters. The molecule has 2 nitrogen and oxygen atoms in total. The Morgan fingerprint density at radius 1 is 1.33 bits per heavy atom. The Balaban J connectivity index is 1.94. The predicted molar refractivity (Wildman–Crippen MR) is 75.7 cm³/mol. The van der Waals surface area contributed by atoms with Gasteiger partial charge in [0.1, 0.15) is 0 Å². The first-order valence-corrected chi connectivity index (χ1v) is 7.08. The lowest BCUT2D eigenvalue weighted by molar-refractivity contribution is 0.00890. The van der Waals surface area contributed by atoms with Gasteiger partial charge in [0.15, 0.2) is 0 Å². The summed E-state index contributed by atoms with van der Waals surface area (Å²) in [6.07, 6.45) is 2.41. The Morgan fingerprint density at radius 3 is 2.67 bits per heavy atom. The summed E-state index contributed by atoms with van der Waals surface area (Å²) in [5, 5.41) is 0. The molecular weight excluding hydrogens is 222 g/mol. The van der Waals surface area contributed by atoms with Crippen LogP contribution < -0.4 is 5.73 Å². The lowest BCUT2D eigenvalue weighted by atomic mass is 9.73. The van der Waals surface area contributed by atoms with Crippen molar-refractivity contribution in [2.45, 2.75) is 51.7 Å². The highest BCUT2D eigenvalue weighted by Gasteiger charge is 2.30. The maximum absolute atomic E-state index is 6.35. The molecule has 0 amide bonds. The van der Waals surface area contributed by atoms with Gasteiger partial charge in [-0.2, -0.15) is 0 Å². The van der Waals surface area contributed by atoms with Crippen molar-refractivity contribution >= 4 is 0 Å². The lowest BCUT2D eigenvalue weighted by Crippen LogP contribution is -2.42. The summed E-state index contributed by atoms with van der Waals surface area (Å²) >= 11 is 0. The van der Waals surface area contributed by atoms with E-state index in [-0.39, 0.29) is 12.1 Å². The average molecular weight is 247 g/mol. The van der Waals surface area contributed by atoms with Crippen LogP contribution in [0, 0.1) is 5.92 Å². The smallest absolute Gasteiger partial charge is 0.0748 e. The Bertz CT molecular complexity index is 388. The van der Waals surface area contributed by atoms with Crippen molar-refractivity contribution in [1.29, 1.82) is 0 Å². The number of hydrogen-bond donors (Lipinski definition) is 1. The standard InChI is InChI=1S/C16H25NO/c1-4-18-16(11(2)3)15(17)10-13-9-12-7-5-6-8-14(12)13/h5-8,11,13,15-16H,4,9-10,17H2,1-3H3. The van der Waals surface area contributed by atoms with Crippen molar-refractivity contribution in [2.24, 2.45) is 11.7 Å². The highest BCUT2D eigenvalue weighted by Crippen LogP contribution is 2.38. The van der Waals surface area contributed by atoms with E-state index in [1.807, 2.05) is 6.92 Å². The van der Waals surface area contributed by atoms with Crippen molar-refractivity contribution in [1.82, 2.24) is 0 Å². The monoisotopic (exact) mass is 247 g/mol. The molecule has 0 heterocycles. The van der Waals surface area contributed by atoms with Crippen molar-refractivity contribution in [3.63, 3.8) is 0 Å². The lowest BCUT2D eigenvalue weighted by Gasteiger charge is -2.35. The summed E-state index contributed by atoms with van der Waals surface area (Å²) in [5.74, 6) is 1.12. The van der Waals surface area contributed by atoms with E-state index in [4.69, 9.17) is 10.5 Å². The molecule has 0 saturated heterocycles. The van der Waals surface area contributed by atoms with E-state index in [0.29, 0.717) is 11.8 Å². The number of fused-ring (bicyclic) bond motifs is 1. The second-order valence-corrected chi connectivity index (χ2v) is 5.66. The maximum Gasteiger partial charge on any atom is 0.0748 e. The summed E-state index contributed by atoms with van der Waals surface area (Å²) in [6.45, 7) is 7.17. The van der Waals surface area contributed by atoms with E-state index in [0.717, 1.165) is 13.0 Å². The fourth-order valence-corrected chi connectivity index (χ4v) is 3.04. The van der Waals surface area contributed by atoms with Crippen LogP contribution in [-0.2, 0) is 11.2 Å². The van der Waals surface area contributed by atoms with Crippen molar-refractivity contribution in [3.05, 3.63) is 35.4 Å². The summed E-state index contributed by atoms with van der Waals surface area (Å²) in [4.78, 5) is 0. The van der Waals surface area contributed by atoms with Crippen LogP contribution >= 0.6 is 0 Å². The fourth-order valence-electron chi connectivity index (χ4n) is 3.04. The molecule has 0 radical (unpaired) electrons. The van der Waals surface area contributed by atoms with E-state index >= 15 is 0 Å². The molecule has 0 bridgehead atoms. The molecule has 1 aromatic carbocycles. The molecule has 18 heavy (non-hydrogen) atoms. The van der Waals surface area contributed by atoms with E-state index < -0.39 is 0 Å².